The highest BCUT2D eigenvalue weighted by atomic mass is 32.2. The number of thioether (sulfide) groups is 1. The molecule has 2 amide bonds. The van der Waals surface area contributed by atoms with Crippen LogP contribution in [0.15, 0.2) is 12.7 Å². The summed E-state index contributed by atoms with van der Waals surface area (Å²) in [6.45, 7) is 0.325. The summed E-state index contributed by atoms with van der Waals surface area (Å²) < 4.78 is 63.5. The lowest BCUT2D eigenvalue weighted by molar-refractivity contribution is -0.494. The van der Waals surface area contributed by atoms with E-state index in [0.717, 1.165) is 17.2 Å². The molecule has 60 heavy (non-hydrogen) atoms. The topological polar surface area (TPSA) is 458 Å². The van der Waals surface area contributed by atoms with Crippen LogP contribution in [-0.4, -0.2) is 145 Å². The number of carbonyl (C=O) groups excluding carboxylic acids is 3. The third kappa shape index (κ3) is 16.3. The zero-order chi connectivity index (χ0) is 45.1. The van der Waals surface area contributed by atoms with Gasteiger partial charge in [-0.15, -0.1) is 0 Å². The van der Waals surface area contributed by atoms with Crippen LogP contribution in [0.3, 0.4) is 0 Å². The first-order valence-corrected chi connectivity index (χ1v) is 22.0. The van der Waals surface area contributed by atoms with E-state index < -0.39 is 108 Å². The number of nitrogens with two attached hydrogens (primary N) is 1. The van der Waals surface area contributed by atoms with Gasteiger partial charge in [0, 0.05) is 30.7 Å². The molecule has 0 bridgehead atoms. The molecular formula is C25H40N7O24P3S. The Bertz CT molecular complexity index is 1960. The molecule has 3 rings (SSSR count). The molecule has 8 unspecified atom stereocenters. The first-order chi connectivity index (χ1) is 27.8. The second-order valence-electron chi connectivity index (χ2n) is 12.6. The Morgan fingerprint density at radius 3 is 2.33 bits per heavy atom. The number of phosphoric ester groups is 2. The Kier molecular flexibility index (Phi) is 19.0. The highest BCUT2D eigenvalue weighted by Gasteiger charge is 2.49. The second-order valence-corrected chi connectivity index (χ2v) is 17.5. The van der Waals surface area contributed by atoms with Crippen molar-refractivity contribution in [2.24, 2.45) is 5.41 Å². The predicted molar refractivity (Wildman–Crippen MR) is 190 cm³/mol. The van der Waals surface area contributed by atoms with E-state index in [2.05, 4.69) is 63.6 Å². The number of imidazole rings is 1. The number of aliphatic hydroxyl groups excluding tert-OH is 3. The predicted octanol–water partition coefficient (Wildman–Crippen LogP) is -2.77. The molecule has 12 N–H and O–H groups in total. The molecule has 35 heteroatoms. The summed E-state index contributed by atoms with van der Waals surface area (Å²) in [4.78, 5) is 101. The first-order valence-electron chi connectivity index (χ1n) is 16.4. The van der Waals surface area contributed by atoms with Crippen LogP contribution in [0.1, 0.15) is 32.9 Å². The number of nitrogens with one attached hydrogen (secondary N) is 2. The molecule has 0 saturated carbocycles. The third-order valence-electron chi connectivity index (χ3n) is 7.46. The van der Waals surface area contributed by atoms with Crippen molar-refractivity contribution in [3.05, 3.63) is 12.7 Å². The van der Waals surface area contributed by atoms with Crippen LogP contribution in [0.4, 0.5) is 5.82 Å². The minimum Gasteiger partial charge on any atom is -0.479 e. The highest BCUT2D eigenvalue weighted by molar-refractivity contribution is 8.13. The Labute approximate surface area is 339 Å². The van der Waals surface area contributed by atoms with E-state index in [0.29, 0.717) is 11.8 Å². The van der Waals surface area contributed by atoms with E-state index in [1.807, 2.05) is 0 Å². The zero-order valence-corrected chi connectivity index (χ0v) is 34.3. The SMILES string of the molecule is CC(C)(COP(=O)(O)OOOP(=O)(O)OOOCC1OC(n2cnc3c(N)ncnc32)C(O)C1OP(=O)(O)O)C(O)C(=O)NCCC(=O)NCCSC(=O)CC(O)C(=O)O. The molecule has 8 atom stereocenters. The van der Waals surface area contributed by atoms with Crippen LogP contribution in [-0.2, 0) is 75.6 Å². The monoisotopic (exact) mass is 947 g/mol. The number of aliphatic hydroxyl groups is 3. The number of carboxylic acid groups (broad SMARTS) is 1. The second kappa shape index (κ2) is 22.3. The van der Waals surface area contributed by atoms with Gasteiger partial charge in [0.25, 0.3) is 0 Å². The van der Waals surface area contributed by atoms with Gasteiger partial charge in [0.05, 0.1) is 19.4 Å². The first kappa shape index (κ1) is 51.2. The molecule has 0 spiro atoms. The fourth-order valence-corrected chi connectivity index (χ4v) is 6.76. The van der Waals surface area contributed by atoms with Crippen LogP contribution >= 0.6 is 35.2 Å². The zero-order valence-electron chi connectivity index (χ0n) is 30.8. The van der Waals surface area contributed by atoms with Gasteiger partial charge < -0.3 is 56.2 Å². The number of hydrogen-bond donors (Lipinski definition) is 11. The molecule has 3 heterocycles. The maximum absolute atomic E-state index is 12.4. The molecule has 0 aromatic carbocycles. The highest BCUT2D eigenvalue weighted by Crippen LogP contribution is 2.50. The Hall–Kier alpha value is -3.17. The lowest BCUT2D eigenvalue weighted by atomic mass is 9.87. The maximum Gasteiger partial charge on any atom is 0.531 e. The molecule has 1 aliphatic rings. The van der Waals surface area contributed by atoms with Crippen LogP contribution < -0.4 is 16.4 Å². The third-order valence-corrected chi connectivity index (χ3v) is 10.1. The van der Waals surface area contributed by atoms with Crippen molar-refractivity contribution >= 4 is 75.1 Å². The summed E-state index contributed by atoms with van der Waals surface area (Å²) in [5.41, 5.74) is 4.26. The average Bonchev–Trinajstić information content (AvgIpc) is 3.70. The summed E-state index contributed by atoms with van der Waals surface area (Å²) in [7, 11) is -16.1. The van der Waals surface area contributed by atoms with Gasteiger partial charge in [-0.05, 0) is 5.04 Å². The standard InChI is InChI=1S/C25H40N7O24P3S/c1-25(2,19(37)22(38)28-4-3-14(34)27-5-6-60-15(35)7-12(33)24(39)40)9-49-58(44,45)55-53-56-59(46,47)54-52-48-8-13-18(51-57(41,42)43)17(36)23(50-13)32-11-31-16-20(26)29-10-30-21(16)32/h10-13,17-19,23,33,36-37H,3-9H2,1-2H3,(H,27,34)(H,28,38)(H,39,40)(H,44,45)(H,46,47)(H2,26,29,30)(H2,41,42,43). The minimum absolute atomic E-state index is 0.00489. The van der Waals surface area contributed by atoms with Gasteiger partial charge in [0.15, 0.2) is 28.9 Å². The largest absolute Gasteiger partial charge is 0.531 e. The number of phosphoric acid groups is 3. The Balaban J connectivity index is 1.37. The maximum atomic E-state index is 12.4. The van der Waals surface area contributed by atoms with E-state index in [1.165, 1.54) is 13.8 Å². The van der Waals surface area contributed by atoms with Crippen molar-refractivity contribution in [3.8, 4) is 0 Å². The molecular weight excluding hydrogens is 907 g/mol. The normalized spacial score (nSPS) is 21.5. The number of aliphatic carboxylic acids is 1. The van der Waals surface area contributed by atoms with Crippen molar-refractivity contribution in [2.75, 3.05) is 37.8 Å². The molecule has 31 nitrogen and oxygen atoms in total. The summed E-state index contributed by atoms with van der Waals surface area (Å²) >= 11 is 0.691. The summed E-state index contributed by atoms with van der Waals surface area (Å²) in [6.07, 6.45) is -9.17. The Morgan fingerprint density at radius 1 is 1.00 bits per heavy atom. The molecule has 2 aromatic heterocycles. The number of aromatic nitrogens is 4. The van der Waals surface area contributed by atoms with Crippen LogP contribution in [0.2, 0.25) is 0 Å². The van der Waals surface area contributed by atoms with Gasteiger partial charge in [0.2, 0.25) is 11.8 Å². The molecule has 1 aliphatic heterocycles. The van der Waals surface area contributed by atoms with Crippen LogP contribution in [0.25, 0.3) is 11.2 Å². The fraction of sp³-hybridized carbons (Fsp3) is 0.640. The van der Waals surface area contributed by atoms with E-state index in [9.17, 15) is 62.7 Å². The number of amides is 2. The minimum atomic E-state index is -5.53. The van der Waals surface area contributed by atoms with Crippen molar-refractivity contribution < 1.29 is 116 Å². The quantitative estimate of drug-likeness (QED) is 0.0197. The van der Waals surface area contributed by atoms with Gasteiger partial charge in [-0.2, -0.15) is 0 Å². The number of fused-ring (bicyclic) bond motifs is 1. The number of anilines is 1. The average molecular weight is 948 g/mol. The number of nitrogens with zero attached hydrogens (tertiary/aromatic N) is 4. The Morgan fingerprint density at radius 2 is 1.67 bits per heavy atom. The summed E-state index contributed by atoms with van der Waals surface area (Å²) in [5.74, 6) is -3.12. The molecule has 0 aliphatic carbocycles. The number of hydrogen-bond acceptors (Lipinski definition) is 24. The fourth-order valence-electron chi connectivity index (χ4n) is 4.53. The number of carboxylic acids is 1. The summed E-state index contributed by atoms with van der Waals surface area (Å²) in [5, 5.41) is 50.9. The summed E-state index contributed by atoms with van der Waals surface area (Å²) in [6, 6.07) is 0. The van der Waals surface area contributed by atoms with E-state index in [1.54, 1.807) is 0 Å². The van der Waals surface area contributed by atoms with Crippen molar-refractivity contribution in [2.45, 2.75) is 63.4 Å². The molecule has 1 saturated heterocycles. The number of ether oxygens (including phenoxy) is 1. The van der Waals surface area contributed by atoms with E-state index in [-0.39, 0.29) is 42.2 Å². The van der Waals surface area contributed by atoms with Crippen LogP contribution in [0.5, 0.6) is 0 Å². The molecule has 0 radical (unpaired) electrons. The van der Waals surface area contributed by atoms with Gasteiger partial charge in [-0.1, -0.05) is 44.7 Å². The van der Waals surface area contributed by atoms with Crippen molar-refractivity contribution in [1.29, 1.82) is 0 Å². The van der Waals surface area contributed by atoms with Gasteiger partial charge in [0.1, 0.15) is 42.9 Å². The number of rotatable bonds is 26. The molecule has 2 aromatic rings. The lowest BCUT2D eigenvalue weighted by Gasteiger charge is -2.29. The number of nitrogen functional groups attached to an aromatic ring is 1. The molecule has 1 fully saturated rings. The van der Waals surface area contributed by atoms with E-state index in [4.69, 9.17) is 20.7 Å². The number of carbonyl (C=O) groups is 4. The smallest absolute Gasteiger partial charge is 0.479 e. The van der Waals surface area contributed by atoms with E-state index >= 15 is 0 Å². The van der Waals surface area contributed by atoms with Crippen LogP contribution in [0, 0.1) is 5.41 Å². The molecule has 340 valence electrons. The lowest BCUT2D eigenvalue weighted by Crippen LogP contribution is -2.46. The van der Waals surface area contributed by atoms with Crippen molar-refractivity contribution in [3.63, 3.8) is 0 Å². The van der Waals surface area contributed by atoms with Gasteiger partial charge in [-0.25, -0.2) is 38.3 Å². The van der Waals surface area contributed by atoms with Crippen molar-refractivity contribution in [1.82, 2.24) is 30.2 Å². The van der Waals surface area contributed by atoms with Gasteiger partial charge in [-0.3, -0.25) is 32.9 Å². The van der Waals surface area contributed by atoms with Gasteiger partial charge >= 0.3 is 29.4 Å².